The van der Waals surface area contributed by atoms with Crippen LogP contribution in [0.2, 0.25) is 0 Å². The molecule has 0 N–H and O–H groups in total. The molecule has 0 spiro atoms. The topological polar surface area (TPSA) is 0 Å². The fourth-order valence-electron chi connectivity index (χ4n) is 3.78. The van der Waals surface area contributed by atoms with Crippen molar-refractivity contribution in [2.45, 2.75) is 6.92 Å². The summed E-state index contributed by atoms with van der Waals surface area (Å²) in [5, 5.41) is 2.73. The van der Waals surface area contributed by atoms with E-state index in [-0.39, 0.29) is 0 Å². The standard InChI is InChI=1S/C27H20S2/c1-3-5-9-18(4-2)20-12-14-22-24(16-20)28-27-23-15-13-21(17-25(23)29-26(22)27)19-10-7-6-8-11-19/h3-17H,1H2,2H3/b9-5-,18-4+. The first-order valence-electron chi connectivity index (χ1n) is 9.68. The predicted octanol–water partition coefficient (Wildman–Crippen LogP) is 9.08. The highest BCUT2D eigenvalue weighted by Crippen LogP contribution is 2.45. The van der Waals surface area contributed by atoms with Gasteiger partial charge in [-0.3, -0.25) is 0 Å². The molecule has 0 saturated carbocycles. The molecule has 3 aromatic carbocycles. The second-order valence-corrected chi connectivity index (χ2v) is 9.09. The van der Waals surface area contributed by atoms with E-state index in [1.165, 1.54) is 51.8 Å². The quantitative estimate of drug-likeness (QED) is 0.260. The lowest BCUT2D eigenvalue weighted by molar-refractivity contribution is 1.65. The molecule has 0 nitrogen and oxygen atoms in total. The van der Waals surface area contributed by atoms with Crippen molar-refractivity contribution in [1.82, 2.24) is 0 Å². The van der Waals surface area contributed by atoms with Crippen molar-refractivity contribution < 1.29 is 0 Å². The minimum absolute atomic E-state index is 1.22. The molecule has 0 bridgehead atoms. The van der Waals surface area contributed by atoms with Crippen LogP contribution in [0.3, 0.4) is 0 Å². The van der Waals surface area contributed by atoms with Crippen LogP contribution in [0.15, 0.2) is 97.6 Å². The van der Waals surface area contributed by atoms with Crippen molar-refractivity contribution in [3.05, 3.63) is 103 Å². The van der Waals surface area contributed by atoms with Gasteiger partial charge in [0.1, 0.15) is 0 Å². The first-order chi connectivity index (χ1) is 14.3. The number of fused-ring (bicyclic) bond motifs is 5. The van der Waals surface area contributed by atoms with E-state index < -0.39 is 0 Å². The number of hydrogen-bond donors (Lipinski definition) is 0. The van der Waals surface area contributed by atoms with Gasteiger partial charge in [-0.2, -0.15) is 0 Å². The molecule has 0 radical (unpaired) electrons. The van der Waals surface area contributed by atoms with Gasteiger partial charge in [0.2, 0.25) is 0 Å². The first kappa shape index (κ1) is 18.1. The second-order valence-electron chi connectivity index (χ2n) is 6.99. The van der Waals surface area contributed by atoms with Crippen LogP contribution >= 0.6 is 22.7 Å². The van der Waals surface area contributed by atoms with Crippen LogP contribution in [0.4, 0.5) is 0 Å². The summed E-state index contributed by atoms with van der Waals surface area (Å²) < 4.78 is 5.52. The van der Waals surface area contributed by atoms with Gasteiger partial charge in [0, 0.05) is 20.2 Å². The largest absolute Gasteiger partial charge is 0.134 e. The molecule has 140 valence electrons. The molecule has 0 aliphatic carbocycles. The number of hydrogen-bond acceptors (Lipinski definition) is 2. The Morgan fingerprint density at radius 3 is 2.17 bits per heavy atom. The van der Waals surface area contributed by atoms with Crippen molar-refractivity contribution in [3.8, 4) is 11.1 Å². The van der Waals surface area contributed by atoms with Gasteiger partial charge in [0.25, 0.3) is 0 Å². The fourth-order valence-corrected chi connectivity index (χ4v) is 6.51. The van der Waals surface area contributed by atoms with Crippen LogP contribution in [0.25, 0.3) is 46.3 Å². The molecule has 5 aromatic rings. The van der Waals surface area contributed by atoms with Crippen molar-refractivity contribution in [2.75, 3.05) is 0 Å². The Hall–Kier alpha value is -2.94. The van der Waals surface area contributed by atoms with Crippen LogP contribution in [-0.2, 0) is 0 Å². The molecule has 0 unspecified atom stereocenters. The highest BCUT2D eigenvalue weighted by molar-refractivity contribution is 7.36. The van der Waals surface area contributed by atoms with E-state index in [9.17, 15) is 0 Å². The zero-order valence-corrected chi connectivity index (χ0v) is 17.8. The number of allylic oxidation sites excluding steroid dienone is 5. The predicted molar refractivity (Wildman–Crippen MR) is 133 cm³/mol. The van der Waals surface area contributed by atoms with Gasteiger partial charge < -0.3 is 0 Å². The summed E-state index contributed by atoms with van der Waals surface area (Å²) in [4.78, 5) is 0. The summed E-state index contributed by atoms with van der Waals surface area (Å²) in [6.45, 7) is 5.86. The van der Waals surface area contributed by atoms with Crippen LogP contribution in [0.1, 0.15) is 12.5 Å². The van der Waals surface area contributed by atoms with Gasteiger partial charge in [0.15, 0.2) is 0 Å². The summed E-state index contributed by atoms with van der Waals surface area (Å²) >= 11 is 3.81. The molecule has 0 saturated heterocycles. The SMILES string of the molecule is C=C/C=C\C(=C/C)c1ccc2c(c1)sc1c3ccc(-c4ccccc4)cc3sc21. The lowest BCUT2D eigenvalue weighted by Crippen LogP contribution is -1.79. The average molecular weight is 409 g/mol. The lowest BCUT2D eigenvalue weighted by Gasteiger charge is -2.02. The van der Waals surface area contributed by atoms with E-state index in [1.807, 2.05) is 34.8 Å². The third kappa shape index (κ3) is 3.15. The van der Waals surface area contributed by atoms with Gasteiger partial charge in [-0.15, -0.1) is 22.7 Å². The maximum Gasteiger partial charge on any atom is 0.0542 e. The maximum absolute atomic E-state index is 3.78. The highest BCUT2D eigenvalue weighted by Gasteiger charge is 2.13. The molecule has 0 aliphatic rings. The minimum atomic E-state index is 1.22. The van der Waals surface area contributed by atoms with Crippen molar-refractivity contribution in [3.63, 3.8) is 0 Å². The van der Waals surface area contributed by atoms with Crippen LogP contribution in [0.5, 0.6) is 0 Å². The van der Waals surface area contributed by atoms with Gasteiger partial charge in [0.05, 0.1) is 9.40 Å². The van der Waals surface area contributed by atoms with E-state index in [2.05, 4.69) is 92.4 Å². The molecule has 2 aromatic heterocycles. The molecular weight excluding hydrogens is 388 g/mol. The first-order valence-corrected chi connectivity index (χ1v) is 11.3. The molecular formula is C27H20S2. The smallest absolute Gasteiger partial charge is 0.0542 e. The fraction of sp³-hybridized carbons (Fsp3) is 0.0370. The van der Waals surface area contributed by atoms with Crippen molar-refractivity contribution in [1.29, 1.82) is 0 Å². The lowest BCUT2D eigenvalue weighted by atomic mass is 10.0. The molecule has 0 aliphatic heterocycles. The second kappa shape index (κ2) is 7.47. The Balaban J connectivity index is 1.65. The van der Waals surface area contributed by atoms with Crippen molar-refractivity contribution in [2.24, 2.45) is 0 Å². The Bertz CT molecular complexity index is 1410. The van der Waals surface area contributed by atoms with E-state index in [1.54, 1.807) is 0 Å². The third-order valence-electron chi connectivity index (χ3n) is 5.25. The third-order valence-corrected chi connectivity index (χ3v) is 7.75. The van der Waals surface area contributed by atoms with Crippen LogP contribution in [-0.4, -0.2) is 0 Å². The number of rotatable bonds is 4. The molecule has 2 heterocycles. The Morgan fingerprint density at radius 2 is 1.48 bits per heavy atom. The Labute approximate surface area is 178 Å². The van der Waals surface area contributed by atoms with Gasteiger partial charge in [-0.1, -0.05) is 85.5 Å². The van der Waals surface area contributed by atoms with E-state index >= 15 is 0 Å². The number of benzene rings is 3. The van der Waals surface area contributed by atoms with Gasteiger partial charge in [-0.05, 0) is 41.3 Å². The Kier molecular flexibility index (Phi) is 4.67. The molecule has 0 amide bonds. The highest BCUT2D eigenvalue weighted by atomic mass is 32.1. The van der Waals surface area contributed by atoms with Gasteiger partial charge in [-0.25, -0.2) is 0 Å². The van der Waals surface area contributed by atoms with Gasteiger partial charge >= 0.3 is 0 Å². The van der Waals surface area contributed by atoms with Crippen LogP contribution < -0.4 is 0 Å². The van der Waals surface area contributed by atoms with Crippen LogP contribution in [0, 0.1) is 0 Å². The monoisotopic (exact) mass is 408 g/mol. The number of thiophene rings is 2. The van der Waals surface area contributed by atoms with E-state index in [4.69, 9.17) is 0 Å². The van der Waals surface area contributed by atoms with Crippen molar-refractivity contribution >= 4 is 57.8 Å². The average Bonchev–Trinajstić information content (AvgIpc) is 3.30. The van der Waals surface area contributed by atoms with E-state index in [0.29, 0.717) is 0 Å². The molecule has 2 heteroatoms. The zero-order valence-electron chi connectivity index (χ0n) is 16.2. The summed E-state index contributed by atoms with van der Waals surface area (Å²) in [5.41, 5.74) is 5.03. The molecule has 5 rings (SSSR count). The zero-order chi connectivity index (χ0) is 19.8. The summed E-state index contributed by atoms with van der Waals surface area (Å²) in [6, 6.07) is 24.3. The molecule has 29 heavy (non-hydrogen) atoms. The minimum Gasteiger partial charge on any atom is -0.134 e. The Morgan fingerprint density at radius 1 is 0.793 bits per heavy atom. The summed E-state index contributed by atoms with van der Waals surface area (Å²) in [6.07, 6.45) is 8.07. The maximum atomic E-state index is 3.78. The van der Waals surface area contributed by atoms with E-state index in [0.717, 1.165) is 0 Å². The molecule has 0 atom stereocenters. The summed E-state index contributed by atoms with van der Waals surface area (Å²) in [7, 11) is 0. The summed E-state index contributed by atoms with van der Waals surface area (Å²) in [5.74, 6) is 0. The molecule has 0 fully saturated rings. The normalized spacial score (nSPS) is 12.5.